The Kier molecular flexibility index (Phi) is 6.33. The van der Waals surface area contributed by atoms with Crippen molar-refractivity contribution in [3.63, 3.8) is 0 Å². The number of carbonyl (C=O) groups excluding carboxylic acids is 2. The van der Waals surface area contributed by atoms with Crippen LogP contribution in [0.25, 0.3) is 10.8 Å². The monoisotopic (exact) mass is 410 g/mol. The van der Waals surface area contributed by atoms with Gasteiger partial charge in [-0.15, -0.1) is 11.8 Å². The molecule has 0 aliphatic rings. The number of aryl methyl sites for hydroxylation is 1. The topological polar surface area (TPSA) is 84.3 Å². The van der Waals surface area contributed by atoms with E-state index in [1.165, 1.54) is 21.3 Å². The number of rotatable bonds is 6. The Morgan fingerprint density at radius 3 is 2.48 bits per heavy atom. The second kappa shape index (κ2) is 8.91. The molecule has 0 spiro atoms. The lowest BCUT2D eigenvalue weighted by Crippen LogP contribution is -2.36. The molecule has 2 aromatic carbocycles. The largest absolute Gasteiger partial charge is 0.336 e. The molecule has 0 bridgehead atoms. The molecule has 3 aromatic rings. The van der Waals surface area contributed by atoms with Crippen LogP contribution in [0.15, 0.2) is 58.2 Å². The zero-order valence-corrected chi connectivity index (χ0v) is 17.3. The molecule has 150 valence electrons. The Balaban J connectivity index is 1.71. The van der Waals surface area contributed by atoms with Gasteiger partial charge in [0.05, 0.1) is 29.7 Å². The molecular weight excluding hydrogens is 388 g/mol. The highest BCUT2D eigenvalue weighted by Crippen LogP contribution is 2.24. The lowest BCUT2D eigenvalue weighted by atomic mass is 10.1. The van der Waals surface area contributed by atoms with Crippen molar-refractivity contribution in [1.29, 1.82) is 0 Å². The molecule has 0 radical (unpaired) electrons. The Morgan fingerprint density at radius 1 is 1.10 bits per heavy atom. The van der Waals surface area contributed by atoms with Gasteiger partial charge >= 0.3 is 0 Å². The van der Waals surface area contributed by atoms with Crippen LogP contribution in [0.5, 0.6) is 0 Å². The first kappa shape index (κ1) is 20.6. The SMILES string of the molecule is CSc1ccccc1NC(=O)CN(C)C(=O)Cc1nn(C)c(=O)c2ccccc12. The number of para-hydroxylation sites is 1. The third-order valence-corrected chi connectivity index (χ3v) is 5.34. The number of fused-ring (bicyclic) bond motifs is 1. The van der Waals surface area contributed by atoms with E-state index in [-0.39, 0.29) is 30.3 Å². The van der Waals surface area contributed by atoms with Crippen LogP contribution in [0.3, 0.4) is 0 Å². The van der Waals surface area contributed by atoms with Crippen molar-refractivity contribution in [1.82, 2.24) is 14.7 Å². The van der Waals surface area contributed by atoms with E-state index in [4.69, 9.17) is 0 Å². The van der Waals surface area contributed by atoms with Crippen LogP contribution in [0, 0.1) is 0 Å². The van der Waals surface area contributed by atoms with Gasteiger partial charge in [0.25, 0.3) is 5.56 Å². The number of anilines is 1. The molecule has 1 aromatic heterocycles. The third kappa shape index (κ3) is 4.65. The third-order valence-electron chi connectivity index (χ3n) is 4.54. The van der Waals surface area contributed by atoms with E-state index in [1.807, 2.05) is 30.5 Å². The molecule has 1 heterocycles. The molecular formula is C21H22N4O3S. The Labute approximate surface area is 172 Å². The van der Waals surface area contributed by atoms with Crippen LogP contribution in [0.2, 0.25) is 0 Å². The van der Waals surface area contributed by atoms with E-state index >= 15 is 0 Å². The smallest absolute Gasteiger partial charge is 0.274 e. The maximum atomic E-state index is 12.7. The number of hydrogen-bond acceptors (Lipinski definition) is 5. The summed E-state index contributed by atoms with van der Waals surface area (Å²) >= 11 is 1.54. The summed E-state index contributed by atoms with van der Waals surface area (Å²) in [7, 11) is 3.13. The first-order chi connectivity index (χ1) is 13.9. The van der Waals surface area contributed by atoms with Crippen LogP contribution in [-0.4, -0.2) is 46.3 Å². The molecule has 0 fully saturated rings. The van der Waals surface area contributed by atoms with Crippen LogP contribution in [-0.2, 0) is 23.1 Å². The summed E-state index contributed by atoms with van der Waals surface area (Å²) in [6.07, 6.45) is 1.94. The quantitative estimate of drug-likeness (QED) is 0.631. The average molecular weight is 410 g/mol. The fourth-order valence-electron chi connectivity index (χ4n) is 3.03. The van der Waals surface area contributed by atoms with Gasteiger partial charge in [-0.25, -0.2) is 4.68 Å². The van der Waals surface area contributed by atoms with Gasteiger partial charge in [0.1, 0.15) is 0 Å². The normalized spacial score (nSPS) is 10.7. The van der Waals surface area contributed by atoms with Crippen molar-refractivity contribution in [2.45, 2.75) is 11.3 Å². The Bertz CT molecular complexity index is 1130. The minimum absolute atomic E-state index is 0.000186. The highest BCUT2D eigenvalue weighted by Gasteiger charge is 2.17. The van der Waals surface area contributed by atoms with Gasteiger partial charge in [0.15, 0.2) is 0 Å². The molecule has 7 nitrogen and oxygen atoms in total. The molecule has 0 saturated heterocycles. The first-order valence-corrected chi connectivity index (χ1v) is 10.2. The molecule has 0 aliphatic heterocycles. The lowest BCUT2D eigenvalue weighted by molar-refractivity contribution is -0.132. The van der Waals surface area contributed by atoms with E-state index < -0.39 is 0 Å². The number of thioether (sulfide) groups is 1. The summed E-state index contributed by atoms with van der Waals surface area (Å²) in [4.78, 5) is 39.6. The minimum atomic E-state index is -0.277. The number of hydrogen-bond donors (Lipinski definition) is 1. The van der Waals surface area contributed by atoms with Crippen molar-refractivity contribution in [3.8, 4) is 0 Å². The van der Waals surface area contributed by atoms with E-state index in [9.17, 15) is 14.4 Å². The first-order valence-electron chi connectivity index (χ1n) is 9.02. The zero-order chi connectivity index (χ0) is 21.0. The fourth-order valence-corrected chi connectivity index (χ4v) is 3.58. The van der Waals surface area contributed by atoms with E-state index in [0.29, 0.717) is 16.5 Å². The number of nitrogens with zero attached hydrogens (tertiary/aromatic N) is 3. The standard InChI is InChI=1S/C21H22N4O3S/c1-24(13-19(26)22-16-10-6-7-11-18(16)29-3)20(27)12-17-14-8-4-5-9-15(14)21(28)25(2)23-17/h4-11H,12-13H2,1-3H3,(H,22,26). The van der Waals surface area contributed by atoms with Gasteiger partial charge in [-0.05, 0) is 24.5 Å². The number of nitrogens with one attached hydrogen (secondary N) is 1. The molecule has 0 saturated carbocycles. The number of benzene rings is 2. The average Bonchev–Trinajstić information content (AvgIpc) is 2.72. The number of likely N-dealkylation sites (N-methyl/N-ethyl adjacent to an activating group) is 1. The van der Waals surface area contributed by atoms with Gasteiger partial charge in [-0.3, -0.25) is 14.4 Å². The summed E-state index contributed by atoms with van der Waals surface area (Å²) < 4.78 is 1.23. The molecule has 1 N–H and O–H groups in total. The fraction of sp³-hybridized carbons (Fsp3) is 0.238. The number of amides is 2. The van der Waals surface area contributed by atoms with Crippen LogP contribution in [0.1, 0.15) is 5.69 Å². The predicted octanol–water partition coefficient (Wildman–Crippen LogP) is 2.29. The zero-order valence-electron chi connectivity index (χ0n) is 16.5. The highest BCUT2D eigenvalue weighted by atomic mass is 32.2. The molecule has 0 aliphatic carbocycles. The van der Waals surface area contributed by atoms with Gasteiger partial charge < -0.3 is 10.2 Å². The molecule has 0 atom stereocenters. The molecule has 3 rings (SSSR count). The predicted molar refractivity (Wildman–Crippen MR) is 115 cm³/mol. The summed E-state index contributed by atoms with van der Waals surface area (Å²) in [5.74, 6) is -0.532. The van der Waals surface area contributed by atoms with Crippen molar-refractivity contribution < 1.29 is 9.59 Å². The van der Waals surface area contributed by atoms with E-state index in [1.54, 1.807) is 38.4 Å². The van der Waals surface area contributed by atoms with Crippen LogP contribution in [0.4, 0.5) is 5.69 Å². The summed E-state index contributed by atoms with van der Waals surface area (Å²) in [5, 5.41) is 8.25. The van der Waals surface area contributed by atoms with Crippen molar-refractivity contribution >= 4 is 40.0 Å². The van der Waals surface area contributed by atoms with Crippen molar-refractivity contribution in [3.05, 3.63) is 64.6 Å². The molecule has 2 amide bonds. The van der Waals surface area contributed by atoms with E-state index in [2.05, 4.69) is 10.4 Å². The second-order valence-corrected chi connectivity index (χ2v) is 7.44. The molecule has 29 heavy (non-hydrogen) atoms. The van der Waals surface area contributed by atoms with Gasteiger partial charge in [-0.1, -0.05) is 30.3 Å². The van der Waals surface area contributed by atoms with Crippen LogP contribution < -0.4 is 10.9 Å². The second-order valence-electron chi connectivity index (χ2n) is 6.60. The maximum Gasteiger partial charge on any atom is 0.274 e. The van der Waals surface area contributed by atoms with Gasteiger partial charge in [0.2, 0.25) is 11.8 Å². The van der Waals surface area contributed by atoms with Crippen LogP contribution >= 0.6 is 11.8 Å². The highest BCUT2D eigenvalue weighted by molar-refractivity contribution is 7.98. The van der Waals surface area contributed by atoms with Gasteiger partial charge in [0, 0.05) is 24.4 Å². The lowest BCUT2D eigenvalue weighted by Gasteiger charge is -2.18. The number of aromatic nitrogens is 2. The molecule has 0 unspecified atom stereocenters. The van der Waals surface area contributed by atoms with Crippen molar-refractivity contribution in [2.75, 3.05) is 25.2 Å². The van der Waals surface area contributed by atoms with Crippen molar-refractivity contribution in [2.24, 2.45) is 7.05 Å². The Morgan fingerprint density at radius 2 is 1.76 bits per heavy atom. The minimum Gasteiger partial charge on any atom is -0.336 e. The van der Waals surface area contributed by atoms with E-state index in [0.717, 1.165) is 10.6 Å². The Hall–Kier alpha value is -3.13. The van der Waals surface area contributed by atoms with Gasteiger partial charge in [-0.2, -0.15) is 5.10 Å². The summed E-state index contributed by atoms with van der Waals surface area (Å²) in [6, 6.07) is 14.6. The summed E-state index contributed by atoms with van der Waals surface area (Å²) in [5.41, 5.74) is 1.02. The molecule has 8 heteroatoms. The maximum absolute atomic E-state index is 12.7. The summed E-state index contributed by atoms with van der Waals surface area (Å²) in [6.45, 7) is -0.0781. The number of carbonyl (C=O) groups is 2.